The van der Waals surface area contributed by atoms with E-state index in [-0.39, 0.29) is 17.3 Å². The zero-order valence-corrected chi connectivity index (χ0v) is 11.3. The number of rotatable bonds is 6. The van der Waals surface area contributed by atoms with E-state index in [0.29, 0.717) is 0 Å². The van der Waals surface area contributed by atoms with Crippen molar-refractivity contribution < 1.29 is 9.53 Å². The van der Waals surface area contributed by atoms with Crippen molar-refractivity contribution in [2.75, 3.05) is 0 Å². The molecule has 3 heteroatoms. The Labute approximate surface area is 109 Å². The summed E-state index contributed by atoms with van der Waals surface area (Å²) >= 11 is 4.58. The summed E-state index contributed by atoms with van der Waals surface area (Å²) in [5.74, 6) is -0.235. The molecule has 0 aliphatic carbocycles. The fourth-order valence-corrected chi connectivity index (χ4v) is 2.15. The van der Waals surface area contributed by atoms with Crippen molar-refractivity contribution in [1.82, 2.24) is 0 Å². The molecule has 0 spiro atoms. The minimum Gasteiger partial charge on any atom is -0.461 e. The molecule has 1 aromatic carbocycles. The van der Waals surface area contributed by atoms with Crippen LogP contribution in [0.1, 0.15) is 43.9 Å². The van der Waals surface area contributed by atoms with Crippen LogP contribution in [0.25, 0.3) is 0 Å². The van der Waals surface area contributed by atoms with Crippen LogP contribution < -0.4 is 0 Å². The Balaban J connectivity index is 2.71. The second kappa shape index (κ2) is 7.38. The van der Waals surface area contributed by atoms with Gasteiger partial charge in [0.1, 0.15) is 6.10 Å². The molecule has 1 rings (SSSR count). The average molecular weight is 252 g/mol. The predicted octanol–water partition coefficient (Wildman–Crippen LogP) is 3.78. The van der Waals surface area contributed by atoms with Gasteiger partial charge in [-0.25, -0.2) is 0 Å². The summed E-state index contributed by atoms with van der Waals surface area (Å²) in [5.41, 5.74) is 1.10. The summed E-state index contributed by atoms with van der Waals surface area (Å²) in [5, 5.41) is -0.0494. The third-order valence-corrected chi connectivity index (χ3v) is 3.28. The van der Waals surface area contributed by atoms with Gasteiger partial charge >= 0.3 is 5.97 Å². The molecule has 0 amide bonds. The van der Waals surface area contributed by atoms with E-state index in [1.807, 2.05) is 30.3 Å². The maximum atomic E-state index is 11.1. The van der Waals surface area contributed by atoms with E-state index in [0.717, 1.165) is 24.8 Å². The number of esters is 1. The van der Waals surface area contributed by atoms with Gasteiger partial charge in [0.15, 0.2) is 0 Å². The van der Waals surface area contributed by atoms with Gasteiger partial charge in [0.05, 0.1) is 5.25 Å². The normalized spacial score (nSPS) is 14.1. The minimum atomic E-state index is -0.235. The lowest BCUT2D eigenvalue weighted by Crippen LogP contribution is -2.21. The van der Waals surface area contributed by atoms with Crippen molar-refractivity contribution in [1.29, 1.82) is 0 Å². The second-order valence-electron chi connectivity index (χ2n) is 4.15. The van der Waals surface area contributed by atoms with Crippen LogP contribution >= 0.6 is 12.6 Å². The first-order chi connectivity index (χ1) is 8.15. The molecule has 0 N–H and O–H groups in total. The minimum absolute atomic E-state index is 0.0494. The zero-order chi connectivity index (χ0) is 12.7. The van der Waals surface area contributed by atoms with Gasteiger partial charge in [0, 0.05) is 6.92 Å². The van der Waals surface area contributed by atoms with Gasteiger partial charge in [0.25, 0.3) is 0 Å². The lowest BCUT2D eigenvalue weighted by Gasteiger charge is -2.23. The summed E-state index contributed by atoms with van der Waals surface area (Å²) in [6.45, 7) is 3.57. The highest BCUT2D eigenvalue weighted by atomic mass is 32.1. The average Bonchev–Trinajstić information content (AvgIpc) is 2.34. The fourth-order valence-electron chi connectivity index (χ4n) is 1.76. The Morgan fingerprint density at radius 2 is 2.00 bits per heavy atom. The summed E-state index contributed by atoms with van der Waals surface area (Å²) in [6, 6.07) is 9.95. The van der Waals surface area contributed by atoms with Crippen molar-refractivity contribution in [3.63, 3.8) is 0 Å². The van der Waals surface area contributed by atoms with Crippen LogP contribution in [-0.2, 0) is 9.53 Å². The van der Waals surface area contributed by atoms with Crippen LogP contribution in [0.5, 0.6) is 0 Å². The Bertz CT molecular complexity index is 337. The van der Waals surface area contributed by atoms with Gasteiger partial charge in [0.2, 0.25) is 0 Å². The molecule has 0 aliphatic heterocycles. The number of benzene rings is 1. The topological polar surface area (TPSA) is 26.3 Å². The number of hydrogen-bond acceptors (Lipinski definition) is 3. The molecule has 1 aromatic rings. The van der Waals surface area contributed by atoms with Gasteiger partial charge in [-0.2, -0.15) is 12.6 Å². The number of thiol groups is 1. The van der Waals surface area contributed by atoms with Crippen LogP contribution in [-0.4, -0.2) is 12.1 Å². The first-order valence-corrected chi connectivity index (χ1v) is 6.57. The molecular weight excluding hydrogens is 232 g/mol. The summed E-state index contributed by atoms with van der Waals surface area (Å²) in [7, 11) is 0. The molecule has 0 bridgehead atoms. The van der Waals surface area contributed by atoms with Gasteiger partial charge in [-0.05, 0) is 18.4 Å². The van der Waals surface area contributed by atoms with Gasteiger partial charge in [-0.15, -0.1) is 0 Å². The van der Waals surface area contributed by atoms with E-state index in [9.17, 15) is 4.79 Å². The summed E-state index contributed by atoms with van der Waals surface area (Å²) in [4.78, 5) is 11.1. The van der Waals surface area contributed by atoms with Crippen LogP contribution in [0.2, 0.25) is 0 Å². The first kappa shape index (κ1) is 14.1. The van der Waals surface area contributed by atoms with Crippen LogP contribution in [0.4, 0.5) is 0 Å². The molecular formula is C14H20O2S. The van der Waals surface area contributed by atoms with Crippen molar-refractivity contribution in [3.05, 3.63) is 35.9 Å². The molecule has 94 valence electrons. The molecule has 17 heavy (non-hydrogen) atoms. The molecule has 0 radical (unpaired) electrons. The molecule has 0 aliphatic rings. The molecule has 2 atom stereocenters. The molecule has 2 nitrogen and oxygen atoms in total. The number of unbranched alkanes of at least 4 members (excludes halogenated alkanes) is 1. The molecule has 0 saturated carbocycles. The highest BCUT2D eigenvalue weighted by Crippen LogP contribution is 2.28. The van der Waals surface area contributed by atoms with Crippen molar-refractivity contribution in [3.8, 4) is 0 Å². The first-order valence-electron chi connectivity index (χ1n) is 6.05. The molecule has 0 aromatic heterocycles. The van der Waals surface area contributed by atoms with Crippen LogP contribution in [0.3, 0.4) is 0 Å². The largest absolute Gasteiger partial charge is 0.461 e. The standard InChI is InChI=1S/C14H20O2S/c1-3-4-10-13(16-11(2)15)14(17)12-8-6-5-7-9-12/h5-9,13-14,17H,3-4,10H2,1-2H3. The summed E-state index contributed by atoms with van der Waals surface area (Å²) in [6.07, 6.45) is 2.85. The van der Waals surface area contributed by atoms with Crippen LogP contribution in [0, 0.1) is 0 Å². The Morgan fingerprint density at radius 3 is 2.53 bits per heavy atom. The van der Waals surface area contributed by atoms with E-state index in [2.05, 4.69) is 19.6 Å². The SMILES string of the molecule is CCCCC(OC(C)=O)C(S)c1ccccc1. The van der Waals surface area contributed by atoms with Crippen LogP contribution in [0.15, 0.2) is 30.3 Å². The molecule has 0 heterocycles. The third kappa shape index (κ3) is 4.82. The predicted molar refractivity (Wildman–Crippen MR) is 73.2 cm³/mol. The van der Waals surface area contributed by atoms with Crippen molar-refractivity contribution in [2.24, 2.45) is 0 Å². The quantitative estimate of drug-likeness (QED) is 0.616. The van der Waals surface area contributed by atoms with Gasteiger partial charge < -0.3 is 4.74 Å². The molecule has 0 saturated heterocycles. The number of hydrogen-bond donors (Lipinski definition) is 1. The molecule has 0 fully saturated rings. The maximum Gasteiger partial charge on any atom is 0.302 e. The van der Waals surface area contributed by atoms with E-state index in [4.69, 9.17) is 4.74 Å². The summed E-state index contributed by atoms with van der Waals surface area (Å²) < 4.78 is 5.35. The lowest BCUT2D eigenvalue weighted by molar-refractivity contribution is -0.146. The Hall–Kier alpha value is -0.960. The number of carbonyl (C=O) groups excluding carboxylic acids is 1. The van der Waals surface area contributed by atoms with E-state index in [1.54, 1.807) is 0 Å². The number of ether oxygens (including phenoxy) is 1. The third-order valence-electron chi connectivity index (χ3n) is 2.65. The van der Waals surface area contributed by atoms with E-state index < -0.39 is 0 Å². The van der Waals surface area contributed by atoms with Crippen molar-refractivity contribution in [2.45, 2.75) is 44.5 Å². The van der Waals surface area contributed by atoms with E-state index >= 15 is 0 Å². The highest BCUT2D eigenvalue weighted by Gasteiger charge is 2.21. The Morgan fingerprint density at radius 1 is 1.35 bits per heavy atom. The monoisotopic (exact) mass is 252 g/mol. The lowest BCUT2D eigenvalue weighted by atomic mass is 10.0. The zero-order valence-electron chi connectivity index (χ0n) is 10.4. The van der Waals surface area contributed by atoms with Gasteiger partial charge in [-0.1, -0.05) is 43.7 Å². The Kier molecular flexibility index (Phi) is 6.12. The van der Waals surface area contributed by atoms with Crippen molar-refractivity contribution >= 4 is 18.6 Å². The van der Waals surface area contributed by atoms with E-state index in [1.165, 1.54) is 6.92 Å². The number of carbonyl (C=O) groups is 1. The fraction of sp³-hybridized carbons (Fsp3) is 0.500. The van der Waals surface area contributed by atoms with Gasteiger partial charge in [-0.3, -0.25) is 4.79 Å². The second-order valence-corrected chi connectivity index (χ2v) is 4.70. The highest BCUT2D eigenvalue weighted by molar-refractivity contribution is 7.80. The maximum absolute atomic E-state index is 11.1. The smallest absolute Gasteiger partial charge is 0.302 e. The molecule has 2 unspecified atom stereocenters.